The van der Waals surface area contributed by atoms with Crippen LogP contribution in [-0.2, 0) is 19.7 Å². The molecule has 0 saturated heterocycles. The summed E-state index contributed by atoms with van der Waals surface area (Å²) in [6.45, 7) is 4.83. The third-order valence-corrected chi connectivity index (χ3v) is 6.35. The summed E-state index contributed by atoms with van der Waals surface area (Å²) in [5, 5.41) is 4.00. The Labute approximate surface area is 229 Å². The van der Waals surface area contributed by atoms with Crippen molar-refractivity contribution in [1.82, 2.24) is 29.2 Å². The van der Waals surface area contributed by atoms with Gasteiger partial charge in [0.2, 0.25) is 5.82 Å². The summed E-state index contributed by atoms with van der Waals surface area (Å²) in [4.78, 5) is 38.1. The number of imidazole rings is 1. The predicted octanol–water partition coefficient (Wildman–Crippen LogP) is 4.02. The highest BCUT2D eigenvalue weighted by Gasteiger charge is 2.18. The minimum atomic E-state index is -0.361. The normalized spacial score (nSPS) is 11.2. The molecule has 5 rings (SSSR count). The molecular formula is C28H30N6O6. The van der Waals surface area contributed by atoms with Gasteiger partial charge in [-0.2, -0.15) is 4.98 Å². The first-order valence-electron chi connectivity index (χ1n) is 13.0. The number of aromatic amines is 1. The average molecular weight is 547 g/mol. The summed E-state index contributed by atoms with van der Waals surface area (Å²) < 4.78 is 24.7. The second kappa shape index (κ2) is 11.5. The quantitative estimate of drug-likeness (QED) is 0.260. The van der Waals surface area contributed by atoms with E-state index in [2.05, 4.69) is 20.1 Å². The summed E-state index contributed by atoms with van der Waals surface area (Å²) in [5.41, 5.74) is 1.42. The Bertz CT molecular complexity index is 1750. The number of aryl methyl sites for hydroxylation is 1. The van der Waals surface area contributed by atoms with Gasteiger partial charge >= 0.3 is 5.69 Å². The molecule has 12 nitrogen and oxygen atoms in total. The van der Waals surface area contributed by atoms with Crippen molar-refractivity contribution in [3.63, 3.8) is 0 Å². The predicted molar refractivity (Wildman–Crippen MR) is 148 cm³/mol. The molecule has 208 valence electrons. The van der Waals surface area contributed by atoms with Gasteiger partial charge in [-0.05, 0) is 55.3 Å². The number of hydrogen-bond donors (Lipinski definition) is 1. The fraction of sp³-hybridized carbons (Fsp3) is 0.321. The van der Waals surface area contributed by atoms with E-state index in [9.17, 15) is 9.59 Å². The largest absolute Gasteiger partial charge is 0.493 e. The third kappa shape index (κ3) is 5.07. The van der Waals surface area contributed by atoms with Gasteiger partial charge in [0.25, 0.3) is 11.4 Å². The fourth-order valence-electron chi connectivity index (χ4n) is 4.41. The Morgan fingerprint density at radius 2 is 1.57 bits per heavy atom. The van der Waals surface area contributed by atoms with E-state index in [0.717, 1.165) is 12.0 Å². The second-order valence-corrected chi connectivity index (χ2v) is 9.07. The van der Waals surface area contributed by atoms with Crippen LogP contribution >= 0.6 is 0 Å². The Morgan fingerprint density at radius 1 is 0.875 bits per heavy atom. The van der Waals surface area contributed by atoms with Crippen molar-refractivity contribution < 1.29 is 18.7 Å². The molecular weight excluding hydrogens is 516 g/mol. The van der Waals surface area contributed by atoms with E-state index in [-0.39, 0.29) is 17.9 Å². The molecule has 1 N–H and O–H groups in total. The zero-order valence-electron chi connectivity index (χ0n) is 22.8. The molecule has 0 spiro atoms. The molecule has 0 bridgehead atoms. The SMILES string of the molecule is CCCn1c(=O)c2[nH]c(-c3ccc(OCc4noc(-c5ccc(OC)c(OC)c5)n4)cc3)nc2n(CCC)c1=O. The van der Waals surface area contributed by atoms with Crippen LogP contribution in [0.4, 0.5) is 0 Å². The third-order valence-electron chi connectivity index (χ3n) is 6.35. The molecule has 0 fully saturated rings. The van der Waals surface area contributed by atoms with Gasteiger partial charge in [0.05, 0.1) is 14.2 Å². The van der Waals surface area contributed by atoms with Crippen LogP contribution in [0, 0.1) is 0 Å². The van der Waals surface area contributed by atoms with Crippen molar-refractivity contribution >= 4 is 11.2 Å². The second-order valence-electron chi connectivity index (χ2n) is 9.07. The number of nitrogens with one attached hydrogen (secondary N) is 1. The number of H-pyrrole nitrogens is 1. The molecule has 0 unspecified atom stereocenters. The molecule has 3 heterocycles. The van der Waals surface area contributed by atoms with Gasteiger partial charge in [-0.15, -0.1) is 0 Å². The summed E-state index contributed by atoms with van der Waals surface area (Å²) in [5.74, 6) is 2.95. The standard InChI is InChI=1S/C28H30N6O6/c1-5-13-33-25-23(27(35)34(14-6-2)28(33)36)30-24(31-25)17-7-10-19(11-8-17)39-16-22-29-26(40-32-22)18-9-12-20(37-3)21(15-18)38-4/h7-12,15H,5-6,13-14,16H2,1-4H3,(H,30,31). The number of ether oxygens (including phenoxy) is 3. The van der Waals surface area contributed by atoms with Gasteiger partial charge in [0, 0.05) is 24.2 Å². The van der Waals surface area contributed by atoms with Crippen molar-refractivity contribution in [3.8, 4) is 40.1 Å². The summed E-state index contributed by atoms with van der Waals surface area (Å²) in [6.07, 6.45) is 1.42. The Morgan fingerprint density at radius 3 is 2.27 bits per heavy atom. The maximum Gasteiger partial charge on any atom is 0.332 e. The van der Waals surface area contributed by atoms with Crippen molar-refractivity contribution in [2.45, 2.75) is 46.4 Å². The van der Waals surface area contributed by atoms with Gasteiger partial charge in [-0.1, -0.05) is 19.0 Å². The molecule has 40 heavy (non-hydrogen) atoms. The van der Waals surface area contributed by atoms with Gasteiger partial charge in [0.15, 0.2) is 23.8 Å². The van der Waals surface area contributed by atoms with Crippen molar-refractivity contribution in [2.24, 2.45) is 0 Å². The van der Waals surface area contributed by atoms with Crippen LogP contribution < -0.4 is 25.5 Å². The van der Waals surface area contributed by atoms with Crippen LogP contribution in [0.2, 0.25) is 0 Å². The molecule has 0 aliphatic heterocycles. The van der Waals surface area contributed by atoms with E-state index in [1.165, 1.54) is 4.57 Å². The number of aromatic nitrogens is 6. The van der Waals surface area contributed by atoms with Gasteiger partial charge < -0.3 is 23.7 Å². The van der Waals surface area contributed by atoms with Gasteiger partial charge in [-0.25, -0.2) is 9.78 Å². The summed E-state index contributed by atoms with van der Waals surface area (Å²) in [7, 11) is 3.13. The van der Waals surface area contributed by atoms with Crippen molar-refractivity contribution in [3.05, 3.63) is 69.1 Å². The van der Waals surface area contributed by atoms with Crippen LogP contribution in [0.5, 0.6) is 17.2 Å². The Kier molecular flexibility index (Phi) is 7.67. The molecule has 0 atom stereocenters. The van der Waals surface area contributed by atoms with Gasteiger partial charge in [-0.3, -0.25) is 13.9 Å². The minimum absolute atomic E-state index is 0.0983. The maximum atomic E-state index is 13.0. The lowest BCUT2D eigenvalue weighted by Crippen LogP contribution is -2.40. The van der Waals surface area contributed by atoms with E-state index in [4.69, 9.17) is 18.7 Å². The zero-order valence-corrected chi connectivity index (χ0v) is 22.8. The average Bonchev–Trinajstić information content (AvgIpc) is 3.64. The molecule has 0 amide bonds. The Balaban J connectivity index is 1.33. The lowest BCUT2D eigenvalue weighted by atomic mass is 10.2. The molecule has 0 aliphatic carbocycles. The van der Waals surface area contributed by atoms with E-state index in [0.29, 0.717) is 71.0 Å². The van der Waals surface area contributed by atoms with E-state index in [1.54, 1.807) is 49.1 Å². The number of rotatable bonds is 11. The van der Waals surface area contributed by atoms with Crippen LogP contribution in [0.15, 0.2) is 56.6 Å². The molecule has 12 heteroatoms. The first-order chi connectivity index (χ1) is 19.5. The topological polar surface area (TPSA) is 139 Å². The smallest absolute Gasteiger partial charge is 0.332 e. The lowest BCUT2D eigenvalue weighted by molar-refractivity contribution is 0.287. The van der Waals surface area contributed by atoms with Crippen molar-refractivity contribution in [2.75, 3.05) is 14.2 Å². The lowest BCUT2D eigenvalue weighted by Gasteiger charge is -2.09. The zero-order chi connectivity index (χ0) is 28.2. The van der Waals surface area contributed by atoms with E-state index < -0.39 is 0 Å². The molecule has 0 radical (unpaired) electrons. The highest BCUT2D eigenvalue weighted by molar-refractivity contribution is 5.75. The first kappa shape index (κ1) is 26.7. The summed E-state index contributed by atoms with van der Waals surface area (Å²) >= 11 is 0. The molecule has 5 aromatic rings. The fourth-order valence-corrected chi connectivity index (χ4v) is 4.41. The number of benzene rings is 2. The number of fused-ring (bicyclic) bond motifs is 1. The minimum Gasteiger partial charge on any atom is -0.493 e. The number of nitrogens with zero attached hydrogens (tertiary/aromatic N) is 5. The van der Waals surface area contributed by atoms with Crippen LogP contribution in [0.1, 0.15) is 32.5 Å². The highest BCUT2D eigenvalue weighted by Crippen LogP contribution is 2.31. The van der Waals surface area contributed by atoms with Crippen LogP contribution in [-0.4, -0.2) is 43.5 Å². The maximum absolute atomic E-state index is 13.0. The molecule has 3 aromatic heterocycles. The molecule has 2 aromatic carbocycles. The number of methoxy groups -OCH3 is 2. The van der Waals surface area contributed by atoms with E-state index >= 15 is 0 Å². The molecule has 0 saturated carbocycles. The highest BCUT2D eigenvalue weighted by atomic mass is 16.5. The Hall–Kier alpha value is -4.87. The van der Waals surface area contributed by atoms with Gasteiger partial charge in [0.1, 0.15) is 17.1 Å². The van der Waals surface area contributed by atoms with Crippen molar-refractivity contribution in [1.29, 1.82) is 0 Å². The molecule has 0 aliphatic rings. The van der Waals surface area contributed by atoms with Crippen LogP contribution in [0.3, 0.4) is 0 Å². The van der Waals surface area contributed by atoms with Crippen LogP contribution in [0.25, 0.3) is 34.0 Å². The van der Waals surface area contributed by atoms with E-state index in [1.807, 2.05) is 26.0 Å². The first-order valence-corrected chi connectivity index (χ1v) is 13.0. The monoisotopic (exact) mass is 546 g/mol. The summed E-state index contributed by atoms with van der Waals surface area (Å²) in [6, 6.07) is 12.5. The number of hydrogen-bond acceptors (Lipinski definition) is 9.